The van der Waals surface area contributed by atoms with Crippen LogP contribution in [-0.2, 0) is 0 Å². The minimum atomic E-state index is 0.919. The zero-order chi connectivity index (χ0) is 22.2. The molecule has 8 rings (SSSR count). The Morgan fingerprint density at radius 3 is 1.82 bits per heavy atom. The lowest BCUT2D eigenvalue weighted by molar-refractivity contribution is 0.669. The predicted molar refractivity (Wildman–Crippen MR) is 144 cm³/mol. The fraction of sp³-hybridized carbons (Fsp3) is 0. The molecular formula is C32H19NO. The molecule has 158 valence electrons. The molecule has 2 heterocycles. The van der Waals surface area contributed by atoms with Gasteiger partial charge in [-0.3, -0.25) is 0 Å². The number of rotatable bonds is 1. The number of H-pyrrole nitrogens is 1. The van der Waals surface area contributed by atoms with Crippen molar-refractivity contribution < 1.29 is 4.42 Å². The highest BCUT2D eigenvalue weighted by molar-refractivity contribution is 6.32. The molecule has 0 aliphatic heterocycles. The van der Waals surface area contributed by atoms with E-state index in [2.05, 4.69) is 102 Å². The third-order valence-electron chi connectivity index (χ3n) is 7.21. The SMILES string of the molecule is c1ccc2c(c1)oc1cccc(-c3cccc4c3[nH]c3c5ccccc5c5ccccc5c43)c12. The predicted octanol–water partition coefficient (Wildman–Crippen LogP) is 9.19. The summed E-state index contributed by atoms with van der Waals surface area (Å²) in [5.74, 6) is 0. The van der Waals surface area contributed by atoms with E-state index in [1.807, 2.05) is 12.1 Å². The van der Waals surface area contributed by atoms with Gasteiger partial charge in [0, 0.05) is 32.5 Å². The Balaban J connectivity index is 1.58. The van der Waals surface area contributed by atoms with Crippen LogP contribution >= 0.6 is 0 Å². The van der Waals surface area contributed by atoms with Crippen LogP contribution in [-0.4, -0.2) is 4.98 Å². The smallest absolute Gasteiger partial charge is 0.136 e. The minimum Gasteiger partial charge on any atom is -0.456 e. The van der Waals surface area contributed by atoms with Gasteiger partial charge in [0.15, 0.2) is 0 Å². The van der Waals surface area contributed by atoms with Gasteiger partial charge in [0.05, 0.1) is 11.0 Å². The van der Waals surface area contributed by atoms with Crippen LogP contribution in [0, 0.1) is 0 Å². The minimum absolute atomic E-state index is 0.919. The van der Waals surface area contributed by atoms with Crippen molar-refractivity contribution in [2.75, 3.05) is 0 Å². The fourth-order valence-corrected chi connectivity index (χ4v) is 5.79. The number of aromatic amines is 1. The van der Waals surface area contributed by atoms with Crippen molar-refractivity contribution in [3.63, 3.8) is 0 Å². The summed E-state index contributed by atoms with van der Waals surface area (Å²) in [6.45, 7) is 0. The first kappa shape index (κ1) is 17.9. The Kier molecular flexibility index (Phi) is 3.42. The summed E-state index contributed by atoms with van der Waals surface area (Å²) in [5, 5.41) is 9.96. The van der Waals surface area contributed by atoms with Crippen LogP contribution in [0.15, 0.2) is 114 Å². The molecule has 2 nitrogen and oxygen atoms in total. The van der Waals surface area contributed by atoms with Crippen molar-refractivity contribution in [1.29, 1.82) is 0 Å². The molecule has 0 unspecified atom stereocenters. The molecule has 0 aliphatic carbocycles. The quantitative estimate of drug-likeness (QED) is 0.257. The van der Waals surface area contributed by atoms with Gasteiger partial charge in [0.25, 0.3) is 0 Å². The van der Waals surface area contributed by atoms with E-state index >= 15 is 0 Å². The number of aromatic nitrogens is 1. The number of nitrogens with one attached hydrogen (secondary N) is 1. The molecule has 0 aliphatic rings. The van der Waals surface area contributed by atoms with Gasteiger partial charge >= 0.3 is 0 Å². The van der Waals surface area contributed by atoms with Gasteiger partial charge in [-0.25, -0.2) is 0 Å². The Labute approximate surface area is 195 Å². The Hall–Kier alpha value is -4.56. The second kappa shape index (κ2) is 6.49. The second-order valence-corrected chi connectivity index (χ2v) is 8.97. The lowest BCUT2D eigenvalue weighted by Crippen LogP contribution is -1.82. The standard InChI is InChI=1S/C32H19NO/c1-3-11-21-19(9-1)20-10-2-4-12-23(20)32-30(21)26-16-7-15-24(31(26)33-32)22-14-8-18-28-29(22)25-13-5-6-17-27(25)34-28/h1-18,33H. The van der Waals surface area contributed by atoms with Gasteiger partial charge in [0.2, 0.25) is 0 Å². The van der Waals surface area contributed by atoms with Gasteiger partial charge in [0.1, 0.15) is 11.2 Å². The summed E-state index contributed by atoms with van der Waals surface area (Å²) in [4.78, 5) is 3.85. The monoisotopic (exact) mass is 433 g/mol. The highest BCUT2D eigenvalue weighted by atomic mass is 16.3. The first-order valence-electron chi connectivity index (χ1n) is 11.6. The fourth-order valence-electron chi connectivity index (χ4n) is 5.79. The molecule has 2 aromatic heterocycles. The molecule has 0 saturated heterocycles. The summed E-state index contributed by atoms with van der Waals surface area (Å²) in [7, 11) is 0. The molecule has 0 saturated carbocycles. The molecule has 0 amide bonds. The molecule has 0 fully saturated rings. The second-order valence-electron chi connectivity index (χ2n) is 8.97. The van der Waals surface area contributed by atoms with Crippen molar-refractivity contribution in [3.8, 4) is 11.1 Å². The number of furan rings is 1. The lowest BCUT2D eigenvalue weighted by atomic mass is 9.95. The van der Waals surface area contributed by atoms with Crippen LogP contribution in [0.5, 0.6) is 0 Å². The molecule has 34 heavy (non-hydrogen) atoms. The Morgan fingerprint density at radius 2 is 0.971 bits per heavy atom. The first-order valence-corrected chi connectivity index (χ1v) is 11.6. The Bertz CT molecular complexity index is 2070. The van der Waals surface area contributed by atoms with E-state index in [4.69, 9.17) is 4.42 Å². The van der Waals surface area contributed by atoms with E-state index in [0.717, 1.165) is 22.1 Å². The summed E-state index contributed by atoms with van der Waals surface area (Å²) >= 11 is 0. The highest BCUT2D eigenvalue weighted by Gasteiger charge is 2.18. The molecular weight excluding hydrogens is 414 g/mol. The summed E-state index contributed by atoms with van der Waals surface area (Å²) in [6, 6.07) is 38.7. The third kappa shape index (κ3) is 2.24. The van der Waals surface area contributed by atoms with Crippen LogP contribution in [0.1, 0.15) is 0 Å². The summed E-state index contributed by atoms with van der Waals surface area (Å²) < 4.78 is 6.19. The number of para-hydroxylation sites is 2. The molecule has 0 spiro atoms. The van der Waals surface area contributed by atoms with E-state index in [1.54, 1.807) is 0 Å². The number of hydrogen-bond donors (Lipinski definition) is 1. The molecule has 6 aromatic carbocycles. The lowest BCUT2D eigenvalue weighted by Gasteiger charge is -2.07. The van der Waals surface area contributed by atoms with Crippen LogP contribution in [0.3, 0.4) is 0 Å². The molecule has 1 N–H and O–H groups in total. The maximum Gasteiger partial charge on any atom is 0.136 e. The van der Waals surface area contributed by atoms with E-state index in [0.29, 0.717) is 0 Å². The van der Waals surface area contributed by atoms with Crippen molar-refractivity contribution >= 4 is 65.3 Å². The van der Waals surface area contributed by atoms with Crippen LogP contribution in [0.25, 0.3) is 76.4 Å². The number of fused-ring (bicyclic) bond motifs is 11. The first-order chi connectivity index (χ1) is 16.9. The molecule has 2 heteroatoms. The van der Waals surface area contributed by atoms with Gasteiger partial charge < -0.3 is 9.40 Å². The average Bonchev–Trinajstić information content (AvgIpc) is 3.48. The van der Waals surface area contributed by atoms with E-state index in [-0.39, 0.29) is 0 Å². The van der Waals surface area contributed by atoms with E-state index in [1.165, 1.54) is 54.3 Å². The van der Waals surface area contributed by atoms with Crippen molar-refractivity contribution in [3.05, 3.63) is 109 Å². The Morgan fingerprint density at radius 1 is 0.382 bits per heavy atom. The topological polar surface area (TPSA) is 28.9 Å². The summed E-state index contributed by atoms with van der Waals surface area (Å²) in [5.41, 5.74) is 6.58. The van der Waals surface area contributed by atoms with Gasteiger partial charge in [-0.1, -0.05) is 97.1 Å². The summed E-state index contributed by atoms with van der Waals surface area (Å²) in [6.07, 6.45) is 0. The van der Waals surface area contributed by atoms with Gasteiger partial charge in [-0.05, 0) is 33.9 Å². The molecule has 0 bridgehead atoms. The third-order valence-corrected chi connectivity index (χ3v) is 7.21. The maximum absolute atomic E-state index is 6.19. The molecule has 0 radical (unpaired) electrons. The average molecular weight is 434 g/mol. The molecule has 8 aromatic rings. The van der Waals surface area contributed by atoms with Crippen molar-refractivity contribution in [2.24, 2.45) is 0 Å². The number of hydrogen-bond acceptors (Lipinski definition) is 1. The zero-order valence-electron chi connectivity index (χ0n) is 18.3. The zero-order valence-corrected chi connectivity index (χ0v) is 18.3. The van der Waals surface area contributed by atoms with Crippen molar-refractivity contribution in [1.82, 2.24) is 4.98 Å². The van der Waals surface area contributed by atoms with Crippen LogP contribution < -0.4 is 0 Å². The maximum atomic E-state index is 6.19. The van der Waals surface area contributed by atoms with E-state index < -0.39 is 0 Å². The largest absolute Gasteiger partial charge is 0.456 e. The molecule has 0 atom stereocenters. The van der Waals surface area contributed by atoms with Crippen LogP contribution in [0.4, 0.5) is 0 Å². The van der Waals surface area contributed by atoms with Crippen molar-refractivity contribution in [2.45, 2.75) is 0 Å². The highest BCUT2D eigenvalue weighted by Crippen LogP contribution is 2.43. The normalized spacial score (nSPS) is 12.1. The van der Waals surface area contributed by atoms with Gasteiger partial charge in [-0.15, -0.1) is 0 Å². The van der Waals surface area contributed by atoms with Crippen LogP contribution in [0.2, 0.25) is 0 Å². The van der Waals surface area contributed by atoms with Gasteiger partial charge in [-0.2, -0.15) is 0 Å². The van der Waals surface area contributed by atoms with E-state index in [9.17, 15) is 0 Å². The number of benzene rings is 6.